The summed E-state index contributed by atoms with van der Waals surface area (Å²) in [4.78, 5) is 25.0. The van der Waals surface area contributed by atoms with Crippen molar-refractivity contribution in [3.8, 4) is 5.75 Å². The molecular weight excluding hydrogens is 272 g/mol. The Morgan fingerprint density at radius 1 is 1.33 bits per heavy atom. The van der Waals surface area contributed by atoms with Gasteiger partial charge in [0.05, 0.1) is 18.5 Å². The highest BCUT2D eigenvalue weighted by Crippen LogP contribution is 2.45. The van der Waals surface area contributed by atoms with Crippen molar-refractivity contribution in [2.75, 3.05) is 19.7 Å². The van der Waals surface area contributed by atoms with E-state index in [4.69, 9.17) is 9.84 Å². The number of nitrogens with one attached hydrogen (secondary N) is 1. The molecule has 6 heteroatoms. The third-order valence-corrected chi connectivity index (χ3v) is 4.13. The zero-order chi connectivity index (χ0) is 14.9. The lowest BCUT2D eigenvalue weighted by atomic mass is 10.1. The number of carbonyl (C=O) groups is 2. The van der Waals surface area contributed by atoms with Crippen molar-refractivity contribution in [2.24, 2.45) is 5.41 Å². The van der Waals surface area contributed by atoms with Crippen LogP contribution in [0.5, 0.6) is 5.75 Å². The van der Waals surface area contributed by atoms with E-state index in [-0.39, 0.29) is 12.6 Å². The number of hydrogen-bond acceptors (Lipinski definition) is 3. The fourth-order valence-electron chi connectivity index (χ4n) is 2.47. The number of urea groups is 1. The molecule has 21 heavy (non-hydrogen) atoms. The van der Waals surface area contributed by atoms with E-state index in [9.17, 15) is 9.59 Å². The van der Waals surface area contributed by atoms with E-state index in [1.54, 1.807) is 4.90 Å². The SMILES string of the molecule is O=C(NCC1(C(=O)O)CC1)N1CCOc2ccccc2C1. The highest BCUT2D eigenvalue weighted by atomic mass is 16.5. The van der Waals surface area contributed by atoms with Gasteiger partial charge in [-0.25, -0.2) is 4.79 Å². The number of amides is 2. The lowest BCUT2D eigenvalue weighted by Crippen LogP contribution is -2.44. The van der Waals surface area contributed by atoms with Gasteiger partial charge in [-0.05, 0) is 18.9 Å². The van der Waals surface area contributed by atoms with E-state index in [1.165, 1.54) is 0 Å². The largest absolute Gasteiger partial charge is 0.491 e. The standard InChI is InChI=1S/C15H18N2O4/c18-13(19)15(5-6-15)10-16-14(20)17-7-8-21-12-4-2-1-3-11(12)9-17/h1-4H,5-10H2,(H,16,20)(H,18,19). The predicted molar refractivity (Wildman–Crippen MR) is 75.0 cm³/mol. The van der Waals surface area contributed by atoms with Gasteiger partial charge in [-0.3, -0.25) is 4.79 Å². The summed E-state index contributed by atoms with van der Waals surface area (Å²) in [6, 6.07) is 7.40. The molecule has 0 saturated heterocycles. The number of nitrogens with zero attached hydrogens (tertiary/aromatic N) is 1. The summed E-state index contributed by atoms with van der Waals surface area (Å²) in [5, 5.41) is 11.9. The third-order valence-electron chi connectivity index (χ3n) is 4.13. The van der Waals surface area contributed by atoms with E-state index in [2.05, 4.69) is 5.32 Å². The van der Waals surface area contributed by atoms with Crippen molar-refractivity contribution in [3.63, 3.8) is 0 Å². The molecule has 3 rings (SSSR count). The van der Waals surface area contributed by atoms with Gasteiger partial charge in [0.15, 0.2) is 0 Å². The average Bonchev–Trinajstić information content (AvgIpc) is 3.28. The van der Waals surface area contributed by atoms with E-state index in [0.29, 0.717) is 32.5 Å². The maximum absolute atomic E-state index is 12.2. The van der Waals surface area contributed by atoms with Gasteiger partial charge in [-0.1, -0.05) is 18.2 Å². The number of para-hydroxylation sites is 1. The molecule has 1 fully saturated rings. The Morgan fingerprint density at radius 2 is 2.10 bits per heavy atom. The van der Waals surface area contributed by atoms with Crippen molar-refractivity contribution < 1.29 is 19.4 Å². The number of benzene rings is 1. The summed E-state index contributed by atoms with van der Waals surface area (Å²) in [7, 11) is 0. The summed E-state index contributed by atoms with van der Waals surface area (Å²) >= 11 is 0. The summed E-state index contributed by atoms with van der Waals surface area (Å²) < 4.78 is 5.61. The topological polar surface area (TPSA) is 78.9 Å². The van der Waals surface area contributed by atoms with Crippen LogP contribution in [-0.2, 0) is 11.3 Å². The molecule has 0 spiro atoms. The van der Waals surface area contributed by atoms with Crippen LogP contribution in [-0.4, -0.2) is 41.7 Å². The van der Waals surface area contributed by atoms with Gasteiger partial charge >= 0.3 is 12.0 Å². The van der Waals surface area contributed by atoms with Crippen LogP contribution in [0.15, 0.2) is 24.3 Å². The van der Waals surface area contributed by atoms with Gasteiger partial charge in [0.2, 0.25) is 0 Å². The molecule has 0 unspecified atom stereocenters. The normalized spacial score (nSPS) is 19.0. The van der Waals surface area contributed by atoms with E-state index in [1.807, 2.05) is 24.3 Å². The first-order valence-corrected chi connectivity index (χ1v) is 7.08. The minimum atomic E-state index is -0.827. The van der Waals surface area contributed by atoms with Gasteiger partial charge in [-0.2, -0.15) is 0 Å². The molecule has 1 aromatic rings. The monoisotopic (exact) mass is 290 g/mol. The van der Waals surface area contributed by atoms with Crippen molar-refractivity contribution in [1.82, 2.24) is 10.2 Å². The Hall–Kier alpha value is -2.24. The Kier molecular flexibility index (Phi) is 3.45. The molecular formula is C15H18N2O4. The van der Waals surface area contributed by atoms with Crippen LogP contribution >= 0.6 is 0 Å². The molecule has 2 amide bonds. The van der Waals surface area contributed by atoms with Crippen LogP contribution in [0.2, 0.25) is 0 Å². The number of hydrogen-bond donors (Lipinski definition) is 2. The second-order valence-electron chi connectivity index (χ2n) is 5.62. The number of aliphatic carboxylic acids is 1. The van der Waals surface area contributed by atoms with Gasteiger partial charge in [0.25, 0.3) is 0 Å². The summed E-state index contributed by atoms with van der Waals surface area (Å²) in [6.45, 7) is 1.59. The molecule has 6 nitrogen and oxygen atoms in total. The number of carboxylic acid groups (broad SMARTS) is 1. The zero-order valence-corrected chi connectivity index (χ0v) is 11.7. The summed E-state index contributed by atoms with van der Waals surface area (Å²) in [5.41, 5.74) is 0.222. The fraction of sp³-hybridized carbons (Fsp3) is 0.467. The molecule has 1 aliphatic heterocycles. The molecule has 0 bridgehead atoms. The van der Waals surface area contributed by atoms with Crippen LogP contribution in [0.4, 0.5) is 4.79 Å². The highest BCUT2D eigenvalue weighted by Gasteiger charge is 2.50. The smallest absolute Gasteiger partial charge is 0.317 e. The van der Waals surface area contributed by atoms with Gasteiger partial charge in [0.1, 0.15) is 12.4 Å². The van der Waals surface area contributed by atoms with Crippen molar-refractivity contribution in [2.45, 2.75) is 19.4 Å². The molecule has 2 aliphatic rings. The Morgan fingerprint density at radius 3 is 2.81 bits per heavy atom. The van der Waals surface area contributed by atoms with Gasteiger partial charge in [-0.15, -0.1) is 0 Å². The van der Waals surface area contributed by atoms with Crippen LogP contribution in [0, 0.1) is 5.41 Å². The Bertz CT molecular complexity index is 569. The quantitative estimate of drug-likeness (QED) is 0.883. The highest BCUT2D eigenvalue weighted by molar-refractivity contribution is 5.80. The molecule has 2 N–H and O–H groups in total. The first kappa shape index (κ1) is 13.7. The minimum Gasteiger partial charge on any atom is -0.491 e. The fourth-order valence-corrected chi connectivity index (χ4v) is 2.47. The lowest BCUT2D eigenvalue weighted by molar-refractivity contribution is -0.143. The second kappa shape index (κ2) is 5.27. The maximum Gasteiger partial charge on any atom is 0.317 e. The van der Waals surface area contributed by atoms with Crippen LogP contribution in [0.25, 0.3) is 0 Å². The van der Waals surface area contributed by atoms with E-state index < -0.39 is 11.4 Å². The van der Waals surface area contributed by atoms with Crippen LogP contribution in [0.1, 0.15) is 18.4 Å². The zero-order valence-electron chi connectivity index (χ0n) is 11.7. The Labute approximate surface area is 122 Å². The molecule has 1 saturated carbocycles. The molecule has 0 radical (unpaired) electrons. The van der Waals surface area contributed by atoms with Crippen molar-refractivity contribution in [3.05, 3.63) is 29.8 Å². The second-order valence-corrected chi connectivity index (χ2v) is 5.62. The Balaban J connectivity index is 1.62. The summed E-state index contributed by atoms with van der Waals surface area (Å²) in [5.74, 6) is -0.0238. The predicted octanol–water partition coefficient (Wildman–Crippen LogP) is 1.46. The first-order chi connectivity index (χ1) is 10.1. The van der Waals surface area contributed by atoms with Gasteiger partial charge in [0, 0.05) is 12.1 Å². The van der Waals surface area contributed by atoms with Crippen molar-refractivity contribution >= 4 is 12.0 Å². The molecule has 0 atom stereocenters. The van der Waals surface area contributed by atoms with E-state index in [0.717, 1.165) is 11.3 Å². The average molecular weight is 290 g/mol. The molecule has 0 aromatic heterocycles. The van der Waals surface area contributed by atoms with Crippen molar-refractivity contribution in [1.29, 1.82) is 0 Å². The number of carboxylic acids is 1. The number of ether oxygens (including phenoxy) is 1. The minimum absolute atomic E-state index is 0.195. The molecule has 1 heterocycles. The third kappa shape index (κ3) is 2.79. The maximum atomic E-state index is 12.2. The molecule has 1 aliphatic carbocycles. The first-order valence-electron chi connectivity index (χ1n) is 7.08. The van der Waals surface area contributed by atoms with E-state index >= 15 is 0 Å². The number of fused-ring (bicyclic) bond motifs is 1. The van der Waals surface area contributed by atoms with Crippen LogP contribution in [0.3, 0.4) is 0 Å². The number of rotatable bonds is 3. The lowest BCUT2D eigenvalue weighted by Gasteiger charge is -2.21. The molecule has 112 valence electrons. The summed E-state index contributed by atoms with van der Waals surface area (Å²) in [6.07, 6.45) is 1.27. The van der Waals surface area contributed by atoms with Crippen LogP contribution < -0.4 is 10.1 Å². The number of carbonyl (C=O) groups excluding carboxylic acids is 1. The molecule has 1 aromatic carbocycles. The van der Waals surface area contributed by atoms with Gasteiger partial charge < -0.3 is 20.1 Å².